The standard InChI is InChI=1S/C17H18N6O/c1-12-10-22-15(3-6-19-22)16(21-12)13-9-20-23(11-13)17(4-5-18)7-14(8-17)24-2/h3,6,9-11,14H,4,7-8H2,1-2H3. The van der Waals surface area contributed by atoms with Gasteiger partial charge in [-0.2, -0.15) is 15.5 Å². The van der Waals surface area contributed by atoms with Gasteiger partial charge in [0.15, 0.2) is 0 Å². The van der Waals surface area contributed by atoms with E-state index in [0.29, 0.717) is 6.42 Å². The fourth-order valence-corrected chi connectivity index (χ4v) is 3.48. The third-order valence-corrected chi connectivity index (χ3v) is 4.81. The maximum Gasteiger partial charge on any atom is 0.0994 e. The molecular weight excluding hydrogens is 304 g/mol. The van der Waals surface area contributed by atoms with E-state index in [2.05, 4.69) is 21.3 Å². The molecule has 1 fully saturated rings. The van der Waals surface area contributed by atoms with E-state index in [1.807, 2.05) is 40.8 Å². The van der Waals surface area contributed by atoms with Gasteiger partial charge in [0.05, 0.1) is 59.6 Å². The van der Waals surface area contributed by atoms with E-state index in [9.17, 15) is 5.26 Å². The molecule has 122 valence electrons. The zero-order valence-corrected chi connectivity index (χ0v) is 13.7. The van der Waals surface area contributed by atoms with Crippen molar-refractivity contribution in [3.05, 3.63) is 36.5 Å². The maximum atomic E-state index is 9.21. The molecule has 24 heavy (non-hydrogen) atoms. The van der Waals surface area contributed by atoms with Gasteiger partial charge in [0.1, 0.15) is 0 Å². The number of aryl methyl sites for hydroxylation is 1. The summed E-state index contributed by atoms with van der Waals surface area (Å²) in [6, 6.07) is 4.23. The van der Waals surface area contributed by atoms with Crippen LogP contribution in [0.4, 0.5) is 0 Å². The Labute approximate surface area is 139 Å². The van der Waals surface area contributed by atoms with Crippen LogP contribution in [0, 0.1) is 18.3 Å². The van der Waals surface area contributed by atoms with Gasteiger partial charge >= 0.3 is 0 Å². The molecule has 0 saturated heterocycles. The van der Waals surface area contributed by atoms with Crippen LogP contribution >= 0.6 is 0 Å². The fourth-order valence-electron chi connectivity index (χ4n) is 3.48. The molecule has 3 heterocycles. The quantitative estimate of drug-likeness (QED) is 0.736. The summed E-state index contributed by atoms with van der Waals surface area (Å²) in [5.41, 5.74) is 3.35. The van der Waals surface area contributed by atoms with Crippen LogP contribution in [0.5, 0.6) is 0 Å². The molecule has 0 bridgehead atoms. The molecule has 0 amide bonds. The largest absolute Gasteiger partial charge is 0.381 e. The van der Waals surface area contributed by atoms with Gasteiger partial charge < -0.3 is 4.74 Å². The van der Waals surface area contributed by atoms with Crippen molar-refractivity contribution in [1.29, 1.82) is 5.26 Å². The summed E-state index contributed by atoms with van der Waals surface area (Å²) in [6.07, 6.45) is 9.70. The van der Waals surface area contributed by atoms with Crippen molar-refractivity contribution in [2.24, 2.45) is 0 Å². The van der Waals surface area contributed by atoms with Gasteiger partial charge in [-0.3, -0.25) is 4.68 Å². The minimum absolute atomic E-state index is 0.199. The first-order valence-electron chi connectivity index (χ1n) is 7.91. The van der Waals surface area contributed by atoms with Crippen LogP contribution in [0.15, 0.2) is 30.9 Å². The van der Waals surface area contributed by atoms with E-state index in [1.54, 1.807) is 13.3 Å². The first kappa shape index (κ1) is 14.8. The first-order valence-corrected chi connectivity index (χ1v) is 7.91. The number of fused-ring (bicyclic) bond motifs is 1. The summed E-state index contributed by atoms with van der Waals surface area (Å²) in [7, 11) is 1.71. The Hall–Kier alpha value is -2.72. The molecule has 3 aromatic rings. The summed E-state index contributed by atoms with van der Waals surface area (Å²) in [4.78, 5) is 4.66. The zero-order valence-electron chi connectivity index (χ0n) is 13.7. The van der Waals surface area contributed by atoms with E-state index >= 15 is 0 Å². The van der Waals surface area contributed by atoms with Gasteiger partial charge in [0.25, 0.3) is 0 Å². The van der Waals surface area contributed by atoms with E-state index in [0.717, 1.165) is 35.3 Å². The Bertz CT molecular complexity index is 928. The second-order valence-electron chi connectivity index (χ2n) is 6.39. The van der Waals surface area contributed by atoms with Gasteiger partial charge in [0.2, 0.25) is 0 Å². The van der Waals surface area contributed by atoms with Gasteiger partial charge in [-0.05, 0) is 25.8 Å². The third kappa shape index (κ3) is 2.19. The Kier molecular flexibility index (Phi) is 3.36. The highest BCUT2D eigenvalue weighted by Gasteiger charge is 2.46. The zero-order chi connectivity index (χ0) is 16.7. The number of methoxy groups -OCH3 is 1. The highest BCUT2D eigenvalue weighted by atomic mass is 16.5. The first-order chi connectivity index (χ1) is 11.6. The lowest BCUT2D eigenvalue weighted by Gasteiger charge is -2.45. The molecule has 0 aromatic carbocycles. The number of nitriles is 1. The van der Waals surface area contributed by atoms with E-state index < -0.39 is 0 Å². The molecule has 1 saturated carbocycles. The molecular formula is C17H18N6O. The average Bonchev–Trinajstić information content (AvgIpc) is 3.18. The highest BCUT2D eigenvalue weighted by molar-refractivity contribution is 5.75. The Morgan fingerprint density at radius 3 is 2.96 bits per heavy atom. The summed E-state index contributed by atoms with van der Waals surface area (Å²) in [6.45, 7) is 1.95. The van der Waals surface area contributed by atoms with Crippen LogP contribution in [-0.4, -0.2) is 37.6 Å². The molecule has 4 rings (SSSR count). The molecule has 7 heteroatoms. The average molecular weight is 322 g/mol. The molecule has 7 nitrogen and oxygen atoms in total. The summed E-state index contributed by atoms with van der Waals surface area (Å²) < 4.78 is 9.13. The number of nitrogens with zero attached hydrogens (tertiary/aromatic N) is 6. The van der Waals surface area contributed by atoms with Crippen molar-refractivity contribution in [2.75, 3.05) is 7.11 Å². The van der Waals surface area contributed by atoms with Crippen LogP contribution in [-0.2, 0) is 10.3 Å². The number of hydrogen-bond acceptors (Lipinski definition) is 5. The minimum atomic E-state index is -0.270. The molecule has 0 atom stereocenters. The van der Waals surface area contributed by atoms with E-state index in [4.69, 9.17) is 4.74 Å². The van der Waals surface area contributed by atoms with E-state index in [1.165, 1.54) is 0 Å². The fraction of sp³-hybridized carbons (Fsp3) is 0.412. The molecule has 1 aliphatic rings. The van der Waals surface area contributed by atoms with Gasteiger partial charge in [0, 0.05) is 18.9 Å². The normalized spacial score (nSPS) is 23.1. The van der Waals surface area contributed by atoms with Crippen molar-refractivity contribution in [1.82, 2.24) is 24.4 Å². The van der Waals surface area contributed by atoms with Crippen molar-refractivity contribution < 1.29 is 4.74 Å². The summed E-state index contributed by atoms with van der Waals surface area (Å²) in [5, 5.41) is 18.0. The van der Waals surface area contributed by atoms with Gasteiger partial charge in [-0.15, -0.1) is 0 Å². The summed E-state index contributed by atoms with van der Waals surface area (Å²) >= 11 is 0. The monoisotopic (exact) mass is 322 g/mol. The Balaban J connectivity index is 1.74. The second kappa shape index (κ2) is 5.42. The lowest BCUT2D eigenvalue weighted by Crippen LogP contribution is -2.50. The Morgan fingerprint density at radius 1 is 1.38 bits per heavy atom. The molecule has 3 aromatic heterocycles. The van der Waals surface area contributed by atoms with Crippen molar-refractivity contribution in [2.45, 2.75) is 37.8 Å². The van der Waals surface area contributed by atoms with Crippen molar-refractivity contribution >= 4 is 5.52 Å². The highest BCUT2D eigenvalue weighted by Crippen LogP contribution is 2.43. The minimum Gasteiger partial charge on any atom is -0.381 e. The Morgan fingerprint density at radius 2 is 2.21 bits per heavy atom. The van der Waals surface area contributed by atoms with Crippen molar-refractivity contribution in [3.8, 4) is 17.3 Å². The van der Waals surface area contributed by atoms with Crippen LogP contribution in [0.1, 0.15) is 25.0 Å². The smallest absolute Gasteiger partial charge is 0.0994 e. The molecule has 0 aliphatic heterocycles. The second-order valence-corrected chi connectivity index (χ2v) is 6.39. The maximum absolute atomic E-state index is 9.21. The third-order valence-electron chi connectivity index (χ3n) is 4.81. The van der Waals surface area contributed by atoms with Gasteiger partial charge in [-0.25, -0.2) is 9.50 Å². The lowest BCUT2D eigenvalue weighted by atomic mass is 9.72. The number of hydrogen-bond donors (Lipinski definition) is 0. The van der Waals surface area contributed by atoms with Crippen LogP contribution < -0.4 is 0 Å². The molecule has 0 N–H and O–H groups in total. The predicted octanol–water partition coefficient (Wildman–Crippen LogP) is 2.32. The van der Waals surface area contributed by atoms with Crippen LogP contribution in [0.2, 0.25) is 0 Å². The number of ether oxygens (including phenoxy) is 1. The van der Waals surface area contributed by atoms with Crippen molar-refractivity contribution in [3.63, 3.8) is 0 Å². The SMILES string of the molecule is COC1CC(CC#N)(n2cc(-c3nc(C)cn4nccc34)cn2)C1. The number of rotatable bonds is 4. The molecule has 0 radical (unpaired) electrons. The molecule has 0 spiro atoms. The predicted molar refractivity (Wildman–Crippen MR) is 87.2 cm³/mol. The van der Waals surface area contributed by atoms with Crippen LogP contribution in [0.25, 0.3) is 16.8 Å². The molecule has 1 aliphatic carbocycles. The topological polar surface area (TPSA) is 81.0 Å². The van der Waals surface area contributed by atoms with E-state index in [-0.39, 0.29) is 11.6 Å². The summed E-state index contributed by atoms with van der Waals surface area (Å²) in [5.74, 6) is 0. The molecule has 0 unspecified atom stereocenters. The lowest BCUT2D eigenvalue weighted by molar-refractivity contribution is -0.0542. The van der Waals surface area contributed by atoms with Gasteiger partial charge in [-0.1, -0.05) is 0 Å². The van der Waals surface area contributed by atoms with Crippen LogP contribution in [0.3, 0.4) is 0 Å². The number of aromatic nitrogens is 5.